The molecule has 1 spiro atoms. The Hall–Kier alpha value is -2.76. The van der Waals surface area contributed by atoms with Crippen molar-refractivity contribution in [2.45, 2.75) is 63.6 Å². The van der Waals surface area contributed by atoms with Crippen LogP contribution in [0, 0.1) is 22.7 Å². The van der Waals surface area contributed by atoms with Crippen LogP contribution in [-0.2, 0) is 15.8 Å². The van der Waals surface area contributed by atoms with Gasteiger partial charge in [0.2, 0.25) is 11.8 Å². The fourth-order valence-electron chi connectivity index (χ4n) is 6.07. The zero-order valence-electron chi connectivity index (χ0n) is 20.4. The lowest BCUT2D eigenvalue weighted by atomic mass is 9.76. The summed E-state index contributed by atoms with van der Waals surface area (Å²) in [5.41, 5.74) is -1.36. The number of carbonyl (C=O) groups excluding carboxylic acids is 2. The zero-order valence-corrected chi connectivity index (χ0v) is 20.4. The van der Waals surface area contributed by atoms with Crippen LogP contribution in [0.25, 0.3) is 0 Å². The van der Waals surface area contributed by atoms with Gasteiger partial charge in [0.15, 0.2) is 0 Å². The van der Waals surface area contributed by atoms with E-state index >= 15 is 0 Å². The van der Waals surface area contributed by atoms with E-state index in [1.54, 1.807) is 25.1 Å². The summed E-state index contributed by atoms with van der Waals surface area (Å²) in [5, 5.41) is 9.15. The number of halogens is 3. The molecule has 3 aliphatic rings. The van der Waals surface area contributed by atoms with Crippen LogP contribution in [0.15, 0.2) is 18.2 Å². The Morgan fingerprint density at radius 1 is 1.17 bits per heavy atom. The maximum atomic E-state index is 13.6. The van der Waals surface area contributed by atoms with E-state index in [0.717, 1.165) is 31.7 Å². The minimum absolute atomic E-state index is 0.153. The van der Waals surface area contributed by atoms with Crippen LogP contribution < -0.4 is 4.90 Å². The maximum absolute atomic E-state index is 13.6. The summed E-state index contributed by atoms with van der Waals surface area (Å²) in [6.45, 7) is 1.68. The summed E-state index contributed by atoms with van der Waals surface area (Å²) in [4.78, 5) is 31.1. The molecule has 2 saturated heterocycles. The summed E-state index contributed by atoms with van der Waals surface area (Å²) in [7, 11) is 3.30. The molecule has 2 amide bonds. The van der Waals surface area contributed by atoms with Gasteiger partial charge < -0.3 is 14.7 Å². The Labute approximate surface area is 204 Å². The van der Waals surface area contributed by atoms with Gasteiger partial charge in [0.1, 0.15) is 6.04 Å². The molecule has 0 aromatic heterocycles. The molecule has 35 heavy (non-hydrogen) atoms. The highest BCUT2D eigenvalue weighted by atomic mass is 19.4. The lowest BCUT2D eigenvalue weighted by Crippen LogP contribution is -2.44. The quantitative estimate of drug-likeness (QED) is 0.626. The van der Waals surface area contributed by atoms with Gasteiger partial charge >= 0.3 is 6.18 Å². The molecule has 1 aromatic carbocycles. The molecule has 6 nitrogen and oxygen atoms in total. The third-order valence-corrected chi connectivity index (χ3v) is 8.11. The highest BCUT2D eigenvalue weighted by Gasteiger charge is 2.49. The molecule has 190 valence electrons. The van der Waals surface area contributed by atoms with Crippen LogP contribution in [0.3, 0.4) is 0 Å². The van der Waals surface area contributed by atoms with Crippen LogP contribution in [0.1, 0.15) is 62.5 Å². The molecule has 1 aliphatic carbocycles. The highest BCUT2D eigenvalue weighted by molar-refractivity contribution is 5.86. The van der Waals surface area contributed by atoms with Gasteiger partial charge in [-0.1, -0.05) is 12.8 Å². The number of nitriles is 1. The van der Waals surface area contributed by atoms with Crippen LogP contribution >= 0.6 is 0 Å². The van der Waals surface area contributed by atoms with Crippen molar-refractivity contribution < 1.29 is 22.8 Å². The van der Waals surface area contributed by atoms with E-state index in [4.69, 9.17) is 5.26 Å². The number of nitrogens with zero attached hydrogens (tertiary/aromatic N) is 4. The molecule has 4 rings (SSSR count). The van der Waals surface area contributed by atoms with Crippen molar-refractivity contribution in [3.8, 4) is 6.07 Å². The number of amides is 2. The molecule has 2 aliphatic heterocycles. The number of piperidine rings is 1. The first-order chi connectivity index (χ1) is 16.5. The minimum atomic E-state index is -4.66. The van der Waals surface area contributed by atoms with E-state index < -0.39 is 23.3 Å². The predicted octanol–water partition coefficient (Wildman–Crippen LogP) is 4.43. The average Bonchev–Trinajstić information content (AvgIpc) is 3.46. The van der Waals surface area contributed by atoms with Gasteiger partial charge in [0.25, 0.3) is 0 Å². The number of hydrogen-bond donors (Lipinski definition) is 0. The average molecular weight is 491 g/mol. The first-order valence-electron chi connectivity index (χ1n) is 12.4. The molecule has 2 heterocycles. The molecule has 0 bridgehead atoms. The van der Waals surface area contributed by atoms with Gasteiger partial charge in [-0.2, -0.15) is 18.4 Å². The number of anilines is 1. The molecule has 0 radical (unpaired) electrons. The number of alkyl halides is 3. The number of hydrogen-bond acceptors (Lipinski definition) is 4. The Morgan fingerprint density at radius 3 is 2.40 bits per heavy atom. The molecule has 1 aromatic rings. The predicted molar refractivity (Wildman–Crippen MR) is 125 cm³/mol. The number of benzene rings is 1. The molecule has 1 unspecified atom stereocenters. The van der Waals surface area contributed by atoms with Gasteiger partial charge in [0, 0.05) is 45.8 Å². The highest BCUT2D eigenvalue weighted by Crippen LogP contribution is 2.46. The van der Waals surface area contributed by atoms with Gasteiger partial charge in [-0.15, -0.1) is 0 Å². The summed E-state index contributed by atoms with van der Waals surface area (Å²) in [6, 6.07) is 4.72. The van der Waals surface area contributed by atoms with E-state index in [9.17, 15) is 22.8 Å². The summed E-state index contributed by atoms with van der Waals surface area (Å²) in [6.07, 6.45) is 2.56. The van der Waals surface area contributed by atoms with Crippen molar-refractivity contribution >= 4 is 17.5 Å². The van der Waals surface area contributed by atoms with Crippen molar-refractivity contribution in [1.29, 1.82) is 5.26 Å². The summed E-state index contributed by atoms with van der Waals surface area (Å²) >= 11 is 0. The van der Waals surface area contributed by atoms with Crippen molar-refractivity contribution in [3.05, 3.63) is 29.3 Å². The van der Waals surface area contributed by atoms with E-state index in [1.807, 2.05) is 4.90 Å². The minimum Gasteiger partial charge on any atom is -0.359 e. The van der Waals surface area contributed by atoms with Gasteiger partial charge in [-0.3, -0.25) is 9.59 Å². The monoisotopic (exact) mass is 490 g/mol. The molecule has 9 heteroatoms. The zero-order chi connectivity index (χ0) is 25.4. The van der Waals surface area contributed by atoms with Gasteiger partial charge in [-0.25, -0.2) is 0 Å². The van der Waals surface area contributed by atoms with Crippen molar-refractivity contribution in [2.75, 3.05) is 38.6 Å². The molecule has 3 fully saturated rings. The third-order valence-electron chi connectivity index (χ3n) is 8.11. The van der Waals surface area contributed by atoms with E-state index in [-0.39, 0.29) is 17.2 Å². The Bertz CT molecular complexity index is 1000. The lowest BCUT2D eigenvalue weighted by Gasteiger charge is -2.39. The second-order valence-corrected chi connectivity index (χ2v) is 10.7. The molecular weight excluding hydrogens is 457 g/mol. The second kappa shape index (κ2) is 9.71. The third kappa shape index (κ3) is 5.26. The smallest absolute Gasteiger partial charge is 0.359 e. The SMILES string of the molecule is CN(C)C(=O)C1CC2(CCN(C(=O)CC3CCCC3)CC2)CN1c1ccc(C#N)c(C(F)(F)F)c1. The van der Waals surface area contributed by atoms with Crippen LogP contribution in [-0.4, -0.2) is 61.4 Å². The second-order valence-electron chi connectivity index (χ2n) is 10.7. The van der Waals surface area contributed by atoms with E-state index in [1.165, 1.54) is 29.9 Å². The maximum Gasteiger partial charge on any atom is 0.417 e. The first kappa shape index (κ1) is 25.3. The number of rotatable bonds is 4. The van der Waals surface area contributed by atoms with E-state index in [0.29, 0.717) is 44.1 Å². The number of carbonyl (C=O) groups is 2. The molecular formula is C26H33F3N4O2. The summed E-state index contributed by atoms with van der Waals surface area (Å²) < 4.78 is 40.8. The normalized spacial score (nSPS) is 22.5. The van der Waals surface area contributed by atoms with Crippen LogP contribution in [0.2, 0.25) is 0 Å². The Morgan fingerprint density at radius 2 is 1.83 bits per heavy atom. The molecule has 1 atom stereocenters. The standard InChI is InChI=1S/C26H33F3N4O2/c1-31(2)24(35)22-15-25(9-11-32(12-10-25)23(34)13-18-5-3-4-6-18)17-33(22)20-8-7-19(16-30)21(14-20)26(27,28)29/h7-8,14,18,22H,3-6,9-13,15,17H2,1-2H3. The summed E-state index contributed by atoms with van der Waals surface area (Å²) in [5.74, 6) is 0.533. The number of likely N-dealkylation sites (tertiary alicyclic amines) is 1. The van der Waals surface area contributed by atoms with Crippen LogP contribution in [0.5, 0.6) is 0 Å². The first-order valence-corrected chi connectivity index (χ1v) is 12.4. The van der Waals surface area contributed by atoms with Gasteiger partial charge in [0.05, 0.1) is 17.2 Å². The topological polar surface area (TPSA) is 67.7 Å². The molecule has 0 N–H and O–H groups in total. The largest absolute Gasteiger partial charge is 0.417 e. The van der Waals surface area contributed by atoms with Crippen molar-refractivity contribution in [1.82, 2.24) is 9.80 Å². The molecule has 1 saturated carbocycles. The lowest BCUT2D eigenvalue weighted by molar-refractivity contribution is -0.137. The van der Waals surface area contributed by atoms with E-state index in [2.05, 4.69) is 0 Å². The van der Waals surface area contributed by atoms with Gasteiger partial charge in [-0.05, 0) is 61.6 Å². The Kier molecular flexibility index (Phi) is 7.03. The fourth-order valence-corrected chi connectivity index (χ4v) is 6.07. The Balaban J connectivity index is 1.54. The van der Waals surface area contributed by atoms with Crippen molar-refractivity contribution in [2.24, 2.45) is 11.3 Å². The number of likely N-dealkylation sites (N-methyl/N-ethyl adjacent to an activating group) is 1. The van der Waals surface area contributed by atoms with Crippen molar-refractivity contribution in [3.63, 3.8) is 0 Å². The fraction of sp³-hybridized carbons (Fsp3) is 0.654. The van der Waals surface area contributed by atoms with Crippen LogP contribution in [0.4, 0.5) is 18.9 Å².